The lowest BCUT2D eigenvalue weighted by atomic mass is 10.2. The number of hydrogen-bond acceptors (Lipinski definition) is 7. The SMILES string of the molecule is Cc1nnc(-c2cc(N)cnc2S(=O)(=O)Cl)o1. The smallest absolute Gasteiger partial charge is 0.279 e. The number of halogens is 1. The largest absolute Gasteiger partial charge is 0.421 e. The molecule has 2 aromatic rings. The fraction of sp³-hybridized carbons (Fsp3) is 0.125. The third-order valence-electron chi connectivity index (χ3n) is 1.86. The van der Waals surface area contributed by atoms with Crippen LogP contribution in [0, 0.1) is 6.92 Å². The van der Waals surface area contributed by atoms with Gasteiger partial charge in [-0.05, 0) is 6.07 Å². The Morgan fingerprint density at radius 2 is 2.12 bits per heavy atom. The molecule has 0 unspecified atom stereocenters. The van der Waals surface area contributed by atoms with E-state index < -0.39 is 9.05 Å². The molecule has 2 aromatic heterocycles. The van der Waals surface area contributed by atoms with Gasteiger partial charge in [-0.15, -0.1) is 10.2 Å². The van der Waals surface area contributed by atoms with E-state index in [9.17, 15) is 8.42 Å². The van der Waals surface area contributed by atoms with Gasteiger partial charge in [0.25, 0.3) is 14.9 Å². The van der Waals surface area contributed by atoms with Gasteiger partial charge in [-0.25, -0.2) is 13.4 Å². The van der Waals surface area contributed by atoms with Gasteiger partial charge in [-0.2, -0.15) is 0 Å². The summed E-state index contributed by atoms with van der Waals surface area (Å²) >= 11 is 0. The molecule has 9 heteroatoms. The van der Waals surface area contributed by atoms with Crippen molar-refractivity contribution < 1.29 is 12.8 Å². The number of anilines is 1. The lowest BCUT2D eigenvalue weighted by molar-refractivity contribution is 0.530. The summed E-state index contributed by atoms with van der Waals surface area (Å²) in [5.74, 6) is 0.293. The molecule has 0 spiro atoms. The summed E-state index contributed by atoms with van der Waals surface area (Å²) in [7, 11) is 1.24. The van der Waals surface area contributed by atoms with Gasteiger partial charge < -0.3 is 10.2 Å². The molecule has 2 heterocycles. The molecule has 0 atom stereocenters. The molecule has 0 aliphatic heterocycles. The molecule has 0 saturated heterocycles. The van der Waals surface area contributed by atoms with Gasteiger partial charge in [0, 0.05) is 17.6 Å². The number of nitrogens with zero attached hydrogens (tertiary/aromatic N) is 3. The summed E-state index contributed by atoms with van der Waals surface area (Å²) in [6.45, 7) is 1.57. The van der Waals surface area contributed by atoms with Crippen molar-refractivity contribution in [3.8, 4) is 11.5 Å². The predicted octanol–water partition coefficient (Wildman–Crippen LogP) is 0.950. The zero-order chi connectivity index (χ0) is 12.6. The van der Waals surface area contributed by atoms with E-state index in [0.717, 1.165) is 0 Å². The highest BCUT2D eigenvalue weighted by molar-refractivity contribution is 8.13. The minimum atomic E-state index is -4.01. The Hall–Kier alpha value is -1.67. The third-order valence-corrected chi connectivity index (χ3v) is 3.09. The molecule has 0 amide bonds. The van der Waals surface area contributed by atoms with Gasteiger partial charge in [0.2, 0.25) is 5.89 Å². The topological polar surface area (TPSA) is 112 Å². The molecule has 0 fully saturated rings. The first-order chi connectivity index (χ1) is 7.88. The van der Waals surface area contributed by atoms with Gasteiger partial charge >= 0.3 is 0 Å². The van der Waals surface area contributed by atoms with Crippen LogP contribution in [0.15, 0.2) is 21.7 Å². The van der Waals surface area contributed by atoms with E-state index in [4.69, 9.17) is 20.8 Å². The zero-order valence-electron chi connectivity index (χ0n) is 8.58. The van der Waals surface area contributed by atoms with Crippen LogP contribution in [-0.2, 0) is 9.05 Å². The molecule has 2 N–H and O–H groups in total. The second-order valence-electron chi connectivity index (χ2n) is 3.19. The van der Waals surface area contributed by atoms with Crippen molar-refractivity contribution in [1.82, 2.24) is 15.2 Å². The summed E-state index contributed by atoms with van der Waals surface area (Å²) in [5.41, 5.74) is 5.87. The van der Waals surface area contributed by atoms with Gasteiger partial charge in [-0.3, -0.25) is 0 Å². The second-order valence-corrected chi connectivity index (χ2v) is 5.67. The molecular weight excluding hydrogens is 268 g/mol. The van der Waals surface area contributed by atoms with Gasteiger partial charge in [0.1, 0.15) is 0 Å². The van der Waals surface area contributed by atoms with Crippen LogP contribution in [0.3, 0.4) is 0 Å². The van der Waals surface area contributed by atoms with Crippen LogP contribution in [0.25, 0.3) is 11.5 Å². The van der Waals surface area contributed by atoms with Gasteiger partial charge in [0.15, 0.2) is 5.03 Å². The first kappa shape index (κ1) is 11.8. The quantitative estimate of drug-likeness (QED) is 0.811. The average Bonchev–Trinajstić information content (AvgIpc) is 2.62. The van der Waals surface area contributed by atoms with Crippen LogP contribution in [0.1, 0.15) is 5.89 Å². The Morgan fingerprint density at radius 1 is 1.41 bits per heavy atom. The normalized spacial score (nSPS) is 11.6. The summed E-state index contributed by atoms with van der Waals surface area (Å²) in [6.07, 6.45) is 1.18. The van der Waals surface area contributed by atoms with Crippen LogP contribution in [0.4, 0.5) is 5.69 Å². The zero-order valence-corrected chi connectivity index (χ0v) is 10.2. The van der Waals surface area contributed by atoms with Crippen LogP contribution in [-0.4, -0.2) is 23.6 Å². The Labute approximate surface area is 101 Å². The number of aryl methyl sites for hydroxylation is 1. The van der Waals surface area contributed by atoms with Crippen molar-refractivity contribution in [2.75, 3.05) is 5.73 Å². The summed E-state index contributed by atoms with van der Waals surface area (Å²) in [5, 5.41) is 6.92. The number of hydrogen-bond donors (Lipinski definition) is 1. The van der Waals surface area contributed by atoms with Crippen LogP contribution in [0.2, 0.25) is 0 Å². The first-order valence-corrected chi connectivity index (χ1v) is 6.69. The van der Waals surface area contributed by atoms with Gasteiger partial charge in [-0.1, -0.05) is 0 Å². The van der Waals surface area contributed by atoms with Crippen molar-refractivity contribution in [1.29, 1.82) is 0 Å². The molecule has 7 nitrogen and oxygen atoms in total. The molecule has 90 valence electrons. The van der Waals surface area contributed by atoms with Crippen LogP contribution >= 0.6 is 10.7 Å². The van der Waals surface area contributed by atoms with Crippen molar-refractivity contribution in [2.45, 2.75) is 11.9 Å². The monoisotopic (exact) mass is 274 g/mol. The lowest BCUT2D eigenvalue weighted by Gasteiger charge is -2.02. The van der Waals surface area contributed by atoms with Crippen molar-refractivity contribution in [3.05, 3.63) is 18.2 Å². The van der Waals surface area contributed by atoms with E-state index in [-0.39, 0.29) is 22.2 Å². The molecule has 0 aliphatic carbocycles. The molecule has 0 bridgehead atoms. The maximum Gasteiger partial charge on any atom is 0.279 e. The second kappa shape index (κ2) is 3.97. The predicted molar refractivity (Wildman–Crippen MR) is 59.7 cm³/mol. The summed E-state index contributed by atoms with van der Waals surface area (Å²) < 4.78 is 27.8. The Bertz CT molecular complexity index is 667. The van der Waals surface area contributed by atoms with Crippen LogP contribution in [0.5, 0.6) is 0 Å². The molecule has 0 aromatic carbocycles. The fourth-order valence-electron chi connectivity index (χ4n) is 1.22. The molecule has 0 aliphatic rings. The maximum atomic E-state index is 11.3. The minimum absolute atomic E-state index is 0.00141. The molecule has 0 saturated carbocycles. The van der Waals surface area contributed by atoms with E-state index in [1.165, 1.54) is 12.3 Å². The van der Waals surface area contributed by atoms with E-state index in [0.29, 0.717) is 5.89 Å². The van der Waals surface area contributed by atoms with Crippen molar-refractivity contribution in [2.24, 2.45) is 0 Å². The fourth-order valence-corrected chi connectivity index (χ4v) is 2.18. The standard InChI is InChI=1S/C8H7ClN4O3S/c1-4-12-13-7(16-4)6-2-5(10)3-11-8(6)17(9,14)15/h2-3H,10H2,1H3. The average molecular weight is 275 g/mol. The van der Waals surface area contributed by atoms with Crippen molar-refractivity contribution in [3.63, 3.8) is 0 Å². The molecular formula is C8H7ClN4O3S. The van der Waals surface area contributed by atoms with E-state index in [2.05, 4.69) is 15.2 Å². The lowest BCUT2D eigenvalue weighted by Crippen LogP contribution is -2.00. The number of nitrogens with two attached hydrogens (primary N) is 1. The Kier molecular flexibility index (Phi) is 2.76. The number of rotatable bonds is 2. The minimum Gasteiger partial charge on any atom is -0.421 e. The molecule has 0 radical (unpaired) electrons. The summed E-state index contributed by atoms with van der Waals surface area (Å²) in [4.78, 5) is 3.66. The van der Waals surface area contributed by atoms with Crippen LogP contribution < -0.4 is 5.73 Å². The van der Waals surface area contributed by atoms with E-state index in [1.54, 1.807) is 6.92 Å². The summed E-state index contributed by atoms with van der Waals surface area (Å²) in [6, 6.07) is 1.36. The number of pyridine rings is 1. The highest BCUT2D eigenvalue weighted by Crippen LogP contribution is 2.28. The Balaban J connectivity index is 2.71. The van der Waals surface area contributed by atoms with Crippen molar-refractivity contribution >= 4 is 25.4 Å². The highest BCUT2D eigenvalue weighted by Gasteiger charge is 2.22. The highest BCUT2D eigenvalue weighted by atomic mass is 35.7. The number of nitrogen functional groups attached to an aromatic ring is 1. The van der Waals surface area contributed by atoms with Gasteiger partial charge in [0.05, 0.1) is 17.4 Å². The van der Waals surface area contributed by atoms with E-state index in [1.807, 2.05) is 0 Å². The maximum absolute atomic E-state index is 11.3. The first-order valence-electron chi connectivity index (χ1n) is 4.38. The Morgan fingerprint density at radius 3 is 2.65 bits per heavy atom. The third kappa shape index (κ3) is 2.37. The molecule has 17 heavy (non-hydrogen) atoms. The number of aromatic nitrogens is 3. The van der Waals surface area contributed by atoms with E-state index >= 15 is 0 Å². The molecule has 2 rings (SSSR count).